The summed E-state index contributed by atoms with van der Waals surface area (Å²) in [6.07, 6.45) is 2.22. The molecule has 0 radical (unpaired) electrons. The molecule has 0 aromatic carbocycles. The minimum absolute atomic E-state index is 0.130. The van der Waals surface area contributed by atoms with E-state index in [0.29, 0.717) is 38.9 Å². The van der Waals surface area contributed by atoms with Gasteiger partial charge in [0.15, 0.2) is 0 Å². The Labute approximate surface area is 119 Å². The predicted molar refractivity (Wildman–Crippen MR) is 70.7 cm³/mol. The molecule has 20 heavy (non-hydrogen) atoms. The zero-order valence-corrected chi connectivity index (χ0v) is 12.0. The molecule has 0 aliphatic carbocycles. The average Bonchev–Trinajstić information content (AvgIpc) is 2.46. The van der Waals surface area contributed by atoms with E-state index in [1.807, 2.05) is 6.07 Å². The molecule has 1 atom stereocenters. The number of unbranched alkanes of at least 4 members (excludes halogenated alkanes) is 2. The first-order chi connectivity index (χ1) is 9.65. The number of nitrogens with one attached hydrogen (secondary N) is 1. The minimum atomic E-state index is -0.697. The monoisotopic (exact) mass is 286 g/mol. The summed E-state index contributed by atoms with van der Waals surface area (Å²) in [4.78, 5) is 23.1. The van der Waals surface area contributed by atoms with Crippen molar-refractivity contribution in [1.29, 1.82) is 5.26 Å². The van der Waals surface area contributed by atoms with Gasteiger partial charge in [-0.25, -0.2) is 4.79 Å². The lowest BCUT2D eigenvalue weighted by molar-refractivity contribution is -0.146. The molecule has 0 heterocycles. The molecular weight excluding hydrogens is 264 g/mol. The van der Waals surface area contributed by atoms with Crippen LogP contribution in [-0.2, 0) is 23.8 Å². The highest BCUT2D eigenvalue weighted by Gasteiger charge is 2.20. The van der Waals surface area contributed by atoms with E-state index in [1.165, 1.54) is 14.2 Å². The second-order valence-corrected chi connectivity index (χ2v) is 4.09. The Morgan fingerprint density at radius 1 is 1.25 bits per heavy atom. The van der Waals surface area contributed by atoms with Crippen molar-refractivity contribution in [2.75, 3.05) is 34.0 Å². The molecule has 0 aliphatic rings. The highest BCUT2D eigenvalue weighted by Crippen LogP contribution is 2.05. The molecule has 0 spiro atoms. The SMILES string of the molecule is COCCOCC(=O)N[C@@H](CCCCC#N)C(=O)OC. The number of carbonyl (C=O) groups is 2. The van der Waals surface area contributed by atoms with Crippen molar-refractivity contribution >= 4 is 11.9 Å². The van der Waals surface area contributed by atoms with Crippen LogP contribution in [0.25, 0.3) is 0 Å². The molecule has 1 N–H and O–H groups in total. The highest BCUT2D eigenvalue weighted by atomic mass is 16.5. The number of nitriles is 1. The molecule has 0 rings (SSSR count). The molecule has 7 nitrogen and oxygen atoms in total. The summed E-state index contributed by atoms with van der Waals surface area (Å²) < 4.78 is 14.5. The van der Waals surface area contributed by atoms with Gasteiger partial charge in [0.1, 0.15) is 12.6 Å². The molecule has 0 unspecified atom stereocenters. The van der Waals surface area contributed by atoms with E-state index in [-0.39, 0.29) is 12.5 Å². The topological polar surface area (TPSA) is 97.6 Å². The standard InChI is InChI=1S/C13H22N2O5/c1-18-8-9-20-10-12(16)15-11(13(17)19-2)6-4-3-5-7-14/h11H,3-6,8-10H2,1-2H3,(H,15,16)/t11-/m0/s1. The molecular formula is C13H22N2O5. The van der Waals surface area contributed by atoms with Crippen LogP contribution in [0, 0.1) is 11.3 Å². The van der Waals surface area contributed by atoms with Gasteiger partial charge in [-0.15, -0.1) is 0 Å². The van der Waals surface area contributed by atoms with Crippen LogP contribution in [-0.4, -0.2) is 52.0 Å². The summed E-state index contributed by atoms with van der Waals surface area (Å²) in [5.74, 6) is -0.871. The Bertz CT molecular complexity index is 327. The van der Waals surface area contributed by atoms with E-state index in [1.54, 1.807) is 0 Å². The number of amides is 1. The largest absolute Gasteiger partial charge is 0.467 e. The van der Waals surface area contributed by atoms with Gasteiger partial charge in [0.05, 0.1) is 26.4 Å². The molecule has 7 heteroatoms. The van der Waals surface area contributed by atoms with Crippen molar-refractivity contribution in [3.05, 3.63) is 0 Å². The molecule has 0 saturated heterocycles. The number of carbonyl (C=O) groups excluding carboxylic acids is 2. The second-order valence-electron chi connectivity index (χ2n) is 4.09. The van der Waals surface area contributed by atoms with E-state index in [2.05, 4.69) is 10.1 Å². The molecule has 0 fully saturated rings. The smallest absolute Gasteiger partial charge is 0.328 e. The van der Waals surface area contributed by atoms with E-state index < -0.39 is 12.0 Å². The summed E-state index contributed by atoms with van der Waals surface area (Å²) in [6, 6.07) is 1.33. The molecule has 0 aromatic rings. The Balaban J connectivity index is 4.04. The maximum atomic E-state index is 11.6. The van der Waals surface area contributed by atoms with Crippen LogP contribution in [0.15, 0.2) is 0 Å². The lowest BCUT2D eigenvalue weighted by atomic mass is 10.1. The summed E-state index contributed by atoms with van der Waals surface area (Å²) >= 11 is 0. The minimum Gasteiger partial charge on any atom is -0.467 e. The van der Waals surface area contributed by atoms with Gasteiger partial charge < -0.3 is 19.5 Å². The number of rotatable bonds is 11. The Hall–Kier alpha value is -1.65. The zero-order chi connectivity index (χ0) is 15.2. The lowest BCUT2D eigenvalue weighted by Crippen LogP contribution is -2.43. The van der Waals surface area contributed by atoms with Gasteiger partial charge in [-0.3, -0.25) is 4.79 Å². The summed E-state index contributed by atoms with van der Waals surface area (Å²) in [5.41, 5.74) is 0. The molecule has 114 valence electrons. The maximum Gasteiger partial charge on any atom is 0.328 e. The van der Waals surface area contributed by atoms with Crippen molar-refractivity contribution in [3.63, 3.8) is 0 Å². The average molecular weight is 286 g/mol. The first kappa shape index (κ1) is 18.4. The third-order valence-corrected chi connectivity index (χ3v) is 2.52. The van der Waals surface area contributed by atoms with Crippen LogP contribution in [0.1, 0.15) is 25.7 Å². The van der Waals surface area contributed by atoms with Crippen molar-refractivity contribution in [1.82, 2.24) is 5.32 Å². The van der Waals surface area contributed by atoms with Gasteiger partial charge in [-0.05, 0) is 19.3 Å². The predicted octanol–water partition coefficient (Wildman–Crippen LogP) is 0.391. The fourth-order valence-corrected chi connectivity index (χ4v) is 1.49. The van der Waals surface area contributed by atoms with Gasteiger partial charge in [0, 0.05) is 13.5 Å². The number of esters is 1. The number of nitrogens with zero attached hydrogens (tertiary/aromatic N) is 1. The number of methoxy groups -OCH3 is 2. The highest BCUT2D eigenvalue weighted by molar-refractivity contribution is 5.84. The van der Waals surface area contributed by atoms with Gasteiger partial charge in [-0.2, -0.15) is 5.26 Å². The first-order valence-corrected chi connectivity index (χ1v) is 6.46. The second kappa shape index (κ2) is 12.4. The normalized spacial score (nSPS) is 11.4. The Morgan fingerprint density at radius 3 is 2.60 bits per heavy atom. The lowest BCUT2D eigenvalue weighted by Gasteiger charge is -2.16. The van der Waals surface area contributed by atoms with E-state index in [0.717, 1.165) is 0 Å². The first-order valence-electron chi connectivity index (χ1n) is 6.46. The van der Waals surface area contributed by atoms with Crippen molar-refractivity contribution in [3.8, 4) is 6.07 Å². The van der Waals surface area contributed by atoms with Gasteiger partial charge in [0.25, 0.3) is 0 Å². The van der Waals surface area contributed by atoms with E-state index >= 15 is 0 Å². The Kier molecular flexibility index (Phi) is 11.4. The van der Waals surface area contributed by atoms with Crippen LogP contribution >= 0.6 is 0 Å². The summed E-state index contributed by atoms with van der Waals surface area (Å²) in [6.45, 7) is 0.589. The van der Waals surface area contributed by atoms with Gasteiger partial charge in [-0.1, -0.05) is 0 Å². The van der Waals surface area contributed by atoms with Crippen molar-refractivity contribution in [2.24, 2.45) is 0 Å². The van der Waals surface area contributed by atoms with E-state index in [9.17, 15) is 9.59 Å². The number of ether oxygens (including phenoxy) is 3. The molecule has 1 amide bonds. The fraction of sp³-hybridized carbons (Fsp3) is 0.769. The fourth-order valence-electron chi connectivity index (χ4n) is 1.49. The summed E-state index contributed by atoms with van der Waals surface area (Å²) in [7, 11) is 2.81. The number of hydrogen-bond donors (Lipinski definition) is 1. The quantitative estimate of drug-likeness (QED) is 0.436. The molecule has 0 aromatic heterocycles. The third-order valence-electron chi connectivity index (χ3n) is 2.52. The van der Waals surface area contributed by atoms with Crippen LogP contribution in [0.4, 0.5) is 0 Å². The molecule has 0 aliphatic heterocycles. The Morgan fingerprint density at radius 2 is 2.00 bits per heavy atom. The maximum absolute atomic E-state index is 11.6. The number of hydrogen-bond acceptors (Lipinski definition) is 6. The van der Waals surface area contributed by atoms with Crippen LogP contribution in [0.2, 0.25) is 0 Å². The third kappa shape index (κ3) is 9.30. The zero-order valence-electron chi connectivity index (χ0n) is 12.0. The van der Waals surface area contributed by atoms with Crippen molar-refractivity contribution < 1.29 is 23.8 Å². The van der Waals surface area contributed by atoms with Gasteiger partial charge >= 0.3 is 5.97 Å². The molecule has 0 bridgehead atoms. The van der Waals surface area contributed by atoms with Crippen LogP contribution in [0.3, 0.4) is 0 Å². The molecule has 0 saturated carbocycles. The van der Waals surface area contributed by atoms with Crippen LogP contribution < -0.4 is 5.32 Å². The van der Waals surface area contributed by atoms with Crippen molar-refractivity contribution in [2.45, 2.75) is 31.7 Å². The van der Waals surface area contributed by atoms with Gasteiger partial charge in [0.2, 0.25) is 5.91 Å². The van der Waals surface area contributed by atoms with Crippen LogP contribution in [0.5, 0.6) is 0 Å². The van der Waals surface area contributed by atoms with E-state index in [4.69, 9.17) is 14.7 Å². The summed E-state index contributed by atoms with van der Waals surface area (Å²) in [5, 5.41) is 11.0.